The highest BCUT2D eigenvalue weighted by atomic mass is 19.1. The Labute approximate surface area is 182 Å². The number of fused-ring (bicyclic) bond motifs is 1. The van der Waals surface area contributed by atoms with E-state index in [2.05, 4.69) is 50.2 Å². The average Bonchev–Trinajstić information content (AvgIpc) is 3.24. The molecule has 164 valence electrons. The Bertz CT molecular complexity index is 1060. The number of aryl methyl sites for hydroxylation is 1. The third-order valence-corrected chi connectivity index (χ3v) is 6.80. The second kappa shape index (κ2) is 8.55. The number of H-pyrrole nitrogens is 1. The molecule has 6 nitrogen and oxygen atoms in total. The van der Waals surface area contributed by atoms with Gasteiger partial charge >= 0.3 is 0 Å². The van der Waals surface area contributed by atoms with E-state index in [0.29, 0.717) is 0 Å². The van der Waals surface area contributed by atoms with Crippen LogP contribution in [0.25, 0.3) is 11.0 Å². The van der Waals surface area contributed by atoms with E-state index in [1.165, 1.54) is 11.9 Å². The van der Waals surface area contributed by atoms with E-state index in [-0.39, 0.29) is 17.9 Å². The van der Waals surface area contributed by atoms with Gasteiger partial charge in [-0.3, -0.25) is 10.3 Å². The third kappa shape index (κ3) is 4.04. The minimum Gasteiger partial charge on any atom is -0.367 e. The number of anilines is 1. The normalized spacial score (nSPS) is 22.9. The fourth-order valence-electron chi connectivity index (χ4n) is 5.04. The summed E-state index contributed by atoms with van der Waals surface area (Å²) in [6.45, 7) is 9.54. The van der Waals surface area contributed by atoms with Crippen molar-refractivity contribution < 1.29 is 4.39 Å². The zero-order valence-corrected chi connectivity index (χ0v) is 18.4. The quantitative estimate of drug-likeness (QED) is 0.663. The van der Waals surface area contributed by atoms with Crippen molar-refractivity contribution in [1.29, 1.82) is 0 Å². The predicted octanol–water partition coefficient (Wildman–Crippen LogP) is 4.10. The van der Waals surface area contributed by atoms with Crippen LogP contribution in [0.5, 0.6) is 0 Å². The highest BCUT2D eigenvalue weighted by Crippen LogP contribution is 2.34. The van der Waals surface area contributed by atoms with Gasteiger partial charge in [0, 0.05) is 26.2 Å². The van der Waals surface area contributed by atoms with Gasteiger partial charge in [-0.2, -0.15) is 0 Å². The van der Waals surface area contributed by atoms with Gasteiger partial charge in [-0.05, 0) is 56.5 Å². The highest BCUT2D eigenvalue weighted by Gasteiger charge is 2.28. The molecule has 31 heavy (non-hydrogen) atoms. The van der Waals surface area contributed by atoms with Crippen LogP contribution in [-0.2, 0) is 0 Å². The Morgan fingerprint density at radius 3 is 2.71 bits per heavy atom. The molecule has 0 saturated carbocycles. The Hall–Kier alpha value is -2.51. The molecule has 2 N–H and O–H groups in total. The zero-order valence-electron chi connectivity index (χ0n) is 18.4. The molecule has 2 saturated heterocycles. The molecular formula is C24H31FN6. The Balaban J connectivity index is 1.39. The number of rotatable bonds is 4. The summed E-state index contributed by atoms with van der Waals surface area (Å²) in [5.41, 5.74) is 5.21. The molecule has 2 fully saturated rings. The van der Waals surface area contributed by atoms with Gasteiger partial charge in [-0.25, -0.2) is 9.37 Å². The lowest BCUT2D eigenvalue weighted by Crippen LogP contribution is -2.46. The fourth-order valence-corrected chi connectivity index (χ4v) is 5.04. The molecule has 2 aliphatic heterocycles. The largest absolute Gasteiger partial charge is 0.367 e. The first-order valence-corrected chi connectivity index (χ1v) is 11.5. The van der Waals surface area contributed by atoms with Crippen molar-refractivity contribution in [3.63, 3.8) is 0 Å². The maximum atomic E-state index is 13.5. The molecule has 5 rings (SSSR count). The van der Waals surface area contributed by atoms with Crippen molar-refractivity contribution in [2.45, 2.75) is 45.2 Å². The number of aromatic nitrogens is 3. The lowest BCUT2D eigenvalue weighted by molar-refractivity contribution is 0.271. The molecule has 1 aromatic carbocycles. The highest BCUT2D eigenvalue weighted by molar-refractivity contribution is 5.89. The van der Waals surface area contributed by atoms with Gasteiger partial charge in [0.2, 0.25) is 0 Å². The van der Waals surface area contributed by atoms with Crippen LogP contribution in [0.2, 0.25) is 0 Å². The topological polar surface area (TPSA) is 60.1 Å². The molecular weight excluding hydrogens is 391 g/mol. The predicted molar refractivity (Wildman–Crippen MR) is 122 cm³/mol. The first-order valence-electron chi connectivity index (χ1n) is 11.5. The lowest BCUT2D eigenvalue weighted by Gasteiger charge is -2.35. The number of likely N-dealkylation sites (N-methyl/N-ethyl adjacent to an activating group) is 1. The first-order chi connectivity index (χ1) is 15.1. The number of hydrogen-bond acceptors (Lipinski definition) is 5. The van der Waals surface area contributed by atoms with Crippen molar-refractivity contribution >= 4 is 16.7 Å². The Morgan fingerprint density at radius 1 is 1.13 bits per heavy atom. The molecule has 3 aromatic rings. The SMILES string of the molecule is CCN1CCN(c2cccc3[nH]c(C4CCCC(c5ncc(F)cc5C)N4)nc23)CC1. The molecule has 2 atom stereocenters. The second-order valence-electron chi connectivity index (χ2n) is 8.78. The first kappa shape index (κ1) is 20.4. The van der Waals surface area contributed by atoms with Crippen LogP contribution < -0.4 is 10.2 Å². The van der Waals surface area contributed by atoms with E-state index >= 15 is 0 Å². The summed E-state index contributed by atoms with van der Waals surface area (Å²) in [5.74, 6) is 0.706. The number of hydrogen-bond donors (Lipinski definition) is 2. The van der Waals surface area contributed by atoms with E-state index in [9.17, 15) is 4.39 Å². The fraction of sp³-hybridized carbons (Fsp3) is 0.500. The number of nitrogens with one attached hydrogen (secondary N) is 2. The van der Waals surface area contributed by atoms with Gasteiger partial charge in [0.1, 0.15) is 17.2 Å². The summed E-state index contributed by atoms with van der Waals surface area (Å²) in [6.07, 6.45) is 4.44. The lowest BCUT2D eigenvalue weighted by atomic mass is 9.94. The molecule has 0 spiro atoms. The van der Waals surface area contributed by atoms with Crippen LogP contribution in [-0.4, -0.2) is 52.6 Å². The smallest absolute Gasteiger partial charge is 0.141 e. The summed E-state index contributed by atoms with van der Waals surface area (Å²) >= 11 is 0. The van der Waals surface area contributed by atoms with E-state index in [1.807, 2.05) is 6.92 Å². The van der Waals surface area contributed by atoms with Crippen LogP contribution in [0, 0.1) is 12.7 Å². The molecule has 2 aromatic heterocycles. The van der Waals surface area contributed by atoms with Crippen molar-refractivity contribution in [3.05, 3.63) is 53.4 Å². The number of benzene rings is 1. The van der Waals surface area contributed by atoms with Crippen molar-refractivity contribution in [1.82, 2.24) is 25.2 Å². The standard InChI is InChI=1S/C24H31FN6/c1-3-30-10-12-31(13-11-30)21-9-5-7-19-23(21)29-24(28-19)20-8-4-6-18(27-20)22-16(2)14-17(25)15-26-22/h5,7,9,14-15,18,20,27H,3-4,6,8,10-13H2,1-2H3,(H,28,29). The van der Waals surface area contributed by atoms with E-state index in [1.54, 1.807) is 6.07 Å². The van der Waals surface area contributed by atoms with Crippen LogP contribution >= 0.6 is 0 Å². The van der Waals surface area contributed by atoms with Gasteiger partial charge in [0.15, 0.2) is 0 Å². The minimum atomic E-state index is -0.279. The van der Waals surface area contributed by atoms with Crippen LogP contribution in [0.1, 0.15) is 55.4 Å². The second-order valence-corrected chi connectivity index (χ2v) is 8.78. The summed E-state index contributed by atoms with van der Waals surface area (Å²) in [4.78, 5) is 18.0. The number of piperidine rings is 1. The van der Waals surface area contributed by atoms with Crippen molar-refractivity contribution in [2.24, 2.45) is 0 Å². The Morgan fingerprint density at radius 2 is 1.94 bits per heavy atom. The van der Waals surface area contributed by atoms with E-state index in [0.717, 1.165) is 80.1 Å². The van der Waals surface area contributed by atoms with Crippen molar-refractivity contribution in [3.8, 4) is 0 Å². The van der Waals surface area contributed by atoms with Gasteiger partial charge in [0.25, 0.3) is 0 Å². The zero-order chi connectivity index (χ0) is 21.4. The van der Waals surface area contributed by atoms with Gasteiger partial charge in [-0.1, -0.05) is 13.0 Å². The molecule has 0 bridgehead atoms. The molecule has 0 radical (unpaired) electrons. The third-order valence-electron chi connectivity index (χ3n) is 6.80. The summed E-state index contributed by atoms with van der Waals surface area (Å²) in [7, 11) is 0. The van der Waals surface area contributed by atoms with Crippen LogP contribution in [0.15, 0.2) is 30.5 Å². The monoisotopic (exact) mass is 422 g/mol. The number of piperazine rings is 1. The van der Waals surface area contributed by atoms with Crippen molar-refractivity contribution in [2.75, 3.05) is 37.6 Å². The Kier molecular flexibility index (Phi) is 5.63. The maximum Gasteiger partial charge on any atom is 0.141 e. The molecule has 7 heteroatoms. The number of nitrogens with zero attached hydrogens (tertiary/aromatic N) is 4. The summed E-state index contributed by atoms with van der Waals surface area (Å²) < 4.78 is 13.5. The molecule has 0 amide bonds. The molecule has 4 heterocycles. The van der Waals surface area contributed by atoms with Crippen LogP contribution in [0.4, 0.5) is 10.1 Å². The van der Waals surface area contributed by atoms with Gasteiger partial charge in [-0.15, -0.1) is 0 Å². The molecule has 2 unspecified atom stereocenters. The van der Waals surface area contributed by atoms with E-state index < -0.39 is 0 Å². The number of para-hydroxylation sites is 1. The van der Waals surface area contributed by atoms with Gasteiger partial charge in [0.05, 0.1) is 35.2 Å². The van der Waals surface area contributed by atoms with Crippen LogP contribution in [0.3, 0.4) is 0 Å². The number of pyridine rings is 1. The maximum absolute atomic E-state index is 13.5. The number of imidazole rings is 1. The minimum absolute atomic E-state index is 0.120. The number of halogens is 1. The summed E-state index contributed by atoms with van der Waals surface area (Å²) in [5, 5.41) is 3.72. The summed E-state index contributed by atoms with van der Waals surface area (Å²) in [6, 6.07) is 8.26. The molecule has 2 aliphatic rings. The number of aromatic amines is 1. The van der Waals surface area contributed by atoms with E-state index in [4.69, 9.17) is 4.98 Å². The average molecular weight is 423 g/mol. The van der Waals surface area contributed by atoms with Gasteiger partial charge < -0.3 is 14.8 Å². The molecule has 0 aliphatic carbocycles.